The Bertz CT molecular complexity index is 229. The molecule has 0 spiro atoms. The lowest BCUT2D eigenvalue weighted by Crippen LogP contribution is -2.38. The predicted octanol–water partition coefficient (Wildman–Crippen LogP) is 0.448. The van der Waals surface area contributed by atoms with E-state index in [1.54, 1.807) is 20.9 Å². The molecule has 5 heteroatoms. The van der Waals surface area contributed by atoms with E-state index in [-0.39, 0.29) is 18.4 Å². The van der Waals surface area contributed by atoms with Gasteiger partial charge in [0.2, 0.25) is 5.91 Å². The maximum absolute atomic E-state index is 11.6. The molecule has 0 aromatic carbocycles. The number of ether oxygens (including phenoxy) is 1. The molecular formula is C10H19NO4. The van der Waals surface area contributed by atoms with Crippen molar-refractivity contribution in [1.29, 1.82) is 0 Å². The van der Waals surface area contributed by atoms with Crippen LogP contribution < -0.4 is 0 Å². The van der Waals surface area contributed by atoms with Crippen LogP contribution in [0.3, 0.4) is 0 Å². The largest absolute Gasteiger partial charge is 0.481 e. The molecule has 15 heavy (non-hydrogen) atoms. The zero-order valence-electron chi connectivity index (χ0n) is 9.69. The van der Waals surface area contributed by atoms with E-state index >= 15 is 0 Å². The molecule has 1 amide bonds. The van der Waals surface area contributed by atoms with E-state index < -0.39 is 11.9 Å². The van der Waals surface area contributed by atoms with Crippen LogP contribution in [0.4, 0.5) is 0 Å². The first-order valence-corrected chi connectivity index (χ1v) is 4.86. The van der Waals surface area contributed by atoms with E-state index in [0.717, 1.165) is 0 Å². The molecule has 0 aliphatic rings. The van der Waals surface area contributed by atoms with Crippen molar-refractivity contribution in [2.45, 2.75) is 13.8 Å². The third kappa shape index (κ3) is 4.78. The van der Waals surface area contributed by atoms with E-state index in [1.807, 2.05) is 0 Å². The van der Waals surface area contributed by atoms with Crippen molar-refractivity contribution in [3.8, 4) is 0 Å². The molecule has 2 atom stereocenters. The number of carbonyl (C=O) groups excluding carboxylic acids is 1. The Labute approximate surface area is 90.0 Å². The minimum absolute atomic E-state index is 0.0926. The number of amides is 1. The van der Waals surface area contributed by atoms with Crippen molar-refractivity contribution in [3.05, 3.63) is 0 Å². The van der Waals surface area contributed by atoms with E-state index in [4.69, 9.17) is 9.84 Å². The van der Waals surface area contributed by atoms with Crippen LogP contribution in [0, 0.1) is 11.8 Å². The molecule has 0 fully saturated rings. The summed E-state index contributed by atoms with van der Waals surface area (Å²) in [5.74, 6) is -1.77. The number of hydrogen-bond acceptors (Lipinski definition) is 3. The highest BCUT2D eigenvalue weighted by molar-refractivity contribution is 5.79. The molecule has 5 nitrogen and oxygen atoms in total. The van der Waals surface area contributed by atoms with Crippen LogP contribution in [-0.2, 0) is 14.3 Å². The van der Waals surface area contributed by atoms with Gasteiger partial charge in [0, 0.05) is 20.7 Å². The highest BCUT2D eigenvalue weighted by Gasteiger charge is 2.21. The van der Waals surface area contributed by atoms with Crippen LogP contribution in [0.15, 0.2) is 0 Å². The summed E-state index contributed by atoms with van der Waals surface area (Å²) in [5.41, 5.74) is 0. The molecule has 0 aliphatic heterocycles. The molecule has 0 rings (SSSR count). The van der Waals surface area contributed by atoms with Gasteiger partial charge in [0.1, 0.15) is 0 Å². The highest BCUT2D eigenvalue weighted by Crippen LogP contribution is 2.05. The summed E-state index contributed by atoms with van der Waals surface area (Å²) in [7, 11) is 3.14. The maximum atomic E-state index is 11.6. The van der Waals surface area contributed by atoms with Gasteiger partial charge in [0.05, 0.1) is 18.4 Å². The third-order valence-corrected chi connectivity index (χ3v) is 2.18. The van der Waals surface area contributed by atoms with Crippen LogP contribution >= 0.6 is 0 Å². The fourth-order valence-electron chi connectivity index (χ4n) is 1.28. The first-order chi connectivity index (χ1) is 6.90. The Morgan fingerprint density at radius 2 is 1.87 bits per heavy atom. The topological polar surface area (TPSA) is 66.8 Å². The molecule has 0 radical (unpaired) electrons. The smallest absolute Gasteiger partial charge is 0.308 e. The average Bonchev–Trinajstić information content (AvgIpc) is 2.16. The first kappa shape index (κ1) is 13.9. The lowest BCUT2D eigenvalue weighted by atomic mass is 10.1. The predicted molar refractivity (Wildman–Crippen MR) is 55.5 cm³/mol. The Morgan fingerprint density at radius 1 is 1.33 bits per heavy atom. The van der Waals surface area contributed by atoms with Crippen molar-refractivity contribution < 1.29 is 19.4 Å². The van der Waals surface area contributed by atoms with E-state index in [9.17, 15) is 9.59 Å². The average molecular weight is 217 g/mol. The second kappa shape index (κ2) is 6.40. The first-order valence-electron chi connectivity index (χ1n) is 4.86. The van der Waals surface area contributed by atoms with Crippen LogP contribution in [0.25, 0.3) is 0 Å². The summed E-state index contributed by atoms with van der Waals surface area (Å²) in [6, 6.07) is 0. The minimum Gasteiger partial charge on any atom is -0.481 e. The summed E-state index contributed by atoms with van der Waals surface area (Å²) in [6.07, 6.45) is 0. The quantitative estimate of drug-likeness (QED) is 0.701. The standard InChI is InChI=1S/C10H19NO4/c1-7(10(13)14)5-11(3)9(12)8(2)6-15-4/h7-8H,5-6H2,1-4H3,(H,13,14). The van der Waals surface area contributed by atoms with Crippen LogP contribution in [-0.4, -0.2) is 49.2 Å². The molecular weight excluding hydrogens is 198 g/mol. The van der Waals surface area contributed by atoms with Gasteiger partial charge in [-0.15, -0.1) is 0 Å². The SMILES string of the molecule is COCC(C)C(=O)N(C)CC(C)C(=O)O. The fraction of sp³-hybridized carbons (Fsp3) is 0.800. The van der Waals surface area contributed by atoms with Gasteiger partial charge in [-0.25, -0.2) is 0 Å². The van der Waals surface area contributed by atoms with Crippen molar-refractivity contribution in [1.82, 2.24) is 4.90 Å². The molecule has 1 N–H and O–H groups in total. The molecule has 2 unspecified atom stereocenters. The molecule has 0 aromatic rings. The summed E-state index contributed by atoms with van der Waals surface area (Å²) in [6.45, 7) is 3.91. The highest BCUT2D eigenvalue weighted by atomic mass is 16.5. The van der Waals surface area contributed by atoms with Gasteiger partial charge in [0.15, 0.2) is 0 Å². The van der Waals surface area contributed by atoms with Crippen LogP contribution in [0.5, 0.6) is 0 Å². The van der Waals surface area contributed by atoms with Gasteiger partial charge < -0.3 is 14.7 Å². The lowest BCUT2D eigenvalue weighted by molar-refractivity contribution is -0.143. The maximum Gasteiger partial charge on any atom is 0.308 e. The number of hydrogen-bond donors (Lipinski definition) is 1. The van der Waals surface area contributed by atoms with Crippen LogP contribution in [0.1, 0.15) is 13.8 Å². The van der Waals surface area contributed by atoms with E-state index in [0.29, 0.717) is 6.61 Å². The van der Waals surface area contributed by atoms with Crippen molar-refractivity contribution in [2.24, 2.45) is 11.8 Å². The number of methoxy groups -OCH3 is 1. The van der Waals surface area contributed by atoms with Crippen molar-refractivity contribution >= 4 is 11.9 Å². The van der Waals surface area contributed by atoms with Crippen LogP contribution in [0.2, 0.25) is 0 Å². The Hall–Kier alpha value is -1.10. The molecule has 0 heterocycles. The minimum atomic E-state index is -0.894. The Balaban J connectivity index is 4.14. The zero-order valence-corrected chi connectivity index (χ0v) is 9.69. The van der Waals surface area contributed by atoms with E-state index in [2.05, 4.69) is 0 Å². The van der Waals surface area contributed by atoms with Gasteiger partial charge in [-0.05, 0) is 0 Å². The normalized spacial score (nSPS) is 14.4. The summed E-state index contributed by atoms with van der Waals surface area (Å²) >= 11 is 0. The number of rotatable bonds is 6. The molecule has 0 aliphatic carbocycles. The molecule has 0 aromatic heterocycles. The van der Waals surface area contributed by atoms with Gasteiger partial charge >= 0.3 is 5.97 Å². The molecule has 0 saturated carbocycles. The summed E-state index contributed by atoms with van der Waals surface area (Å²) in [5, 5.41) is 8.69. The Morgan fingerprint density at radius 3 is 2.27 bits per heavy atom. The molecule has 0 saturated heterocycles. The second-order valence-corrected chi connectivity index (χ2v) is 3.81. The monoisotopic (exact) mass is 217 g/mol. The number of nitrogens with zero attached hydrogens (tertiary/aromatic N) is 1. The summed E-state index contributed by atoms with van der Waals surface area (Å²) in [4.78, 5) is 23.7. The Kier molecular flexibility index (Phi) is 5.93. The third-order valence-electron chi connectivity index (χ3n) is 2.18. The lowest BCUT2D eigenvalue weighted by Gasteiger charge is -2.22. The zero-order chi connectivity index (χ0) is 12.0. The number of carboxylic acids is 1. The van der Waals surface area contributed by atoms with Gasteiger partial charge in [-0.2, -0.15) is 0 Å². The number of aliphatic carboxylic acids is 1. The second-order valence-electron chi connectivity index (χ2n) is 3.81. The van der Waals surface area contributed by atoms with Crippen molar-refractivity contribution in [3.63, 3.8) is 0 Å². The number of carboxylic acid groups (broad SMARTS) is 1. The van der Waals surface area contributed by atoms with Gasteiger partial charge in [-0.3, -0.25) is 9.59 Å². The fourth-order valence-corrected chi connectivity index (χ4v) is 1.28. The van der Waals surface area contributed by atoms with Gasteiger partial charge in [-0.1, -0.05) is 13.8 Å². The van der Waals surface area contributed by atoms with E-state index in [1.165, 1.54) is 12.0 Å². The van der Waals surface area contributed by atoms with Gasteiger partial charge in [0.25, 0.3) is 0 Å². The van der Waals surface area contributed by atoms with Crippen molar-refractivity contribution in [2.75, 3.05) is 27.3 Å². The summed E-state index contributed by atoms with van der Waals surface area (Å²) < 4.78 is 4.86. The number of carbonyl (C=O) groups is 2. The molecule has 88 valence electrons. The molecule has 0 bridgehead atoms.